The third kappa shape index (κ3) is 5.55. The number of imide groups is 1. The molecule has 1 aliphatic heterocycles. The number of aldehydes is 1. The van der Waals surface area contributed by atoms with Gasteiger partial charge in [0.25, 0.3) is 11.8 Å². The highest BCUT2D eigenvalue weighted by Gasteiger charge is 2.47. The molecule has 0 spiro atoms. The largest absolute Gasteiger partial charge is 0.488 e. The van der Waals surface area contributed by atoms with Crippen molar-refractivity contribution in [2.24, 2.45) is 17.8 Å². The second kappa shape index (κ2) is 11.5. The van der Waals surface area contributed by atoms with E-state index < -0.39 is 17.9 Å². The number of nitrogens with one attached hydrogen (secondary N) is 2. The van der Waals surface area contributed by atoms with Crippen LogP contribution in [0.1, 0.15) is 84.2 Å². The third-order valence-electron chi connectivity index (χ3n) is 9.11. The number of ether oxygens (including phenoxy) is 1. The molecule has 2 saturated carbocycles. The molecule has 8 nitrogen and oxygen atoms in total. The number of amides is 3. The van der Waals surface area contributed by atoms with Gasteiger partial charge < -0.3 is 20.2 Å². The topological polar surface area (TPSA) is 105 Å². The summed E-state index contributed by atoms with van der Waals surface area (Å²) in [6.45, 7) is 5.84. The van der Waals surface area contributed by atoms with Gasteiger partial charge in [-0.1, -0.05) is 37.3 Å². The summed E-state index contributed by atoms with van der Waals surface area (Å²) in [6, 6.07) is 12.1. The van der Waals surface area contributed by atoms with E-state index in [9.17, 15) is 19.2 Å². The van der Waals surface area contributed by atoms with Gasteiger partial charge in [-0.05, 0) is 80.0 Å². The first kappa shape index (κ1) is 28.0. The van der Waals surface area contributed by atoms with Crippen LogP contribution in [0.4, 0.5) is 0 Å². The Bertz CT molecular complexity index is 1290. The van der Waals surface area contributed by atoms with Gasteiger partial charge >= 0.3 is 0 Å². The summed E-state index contributed by atoms with van der Waals surface area (Å²) < 4.78 is 6.02. The summed E-state index contributed by atoms with van der Waals surface area (Å²) >= 11 is 0. The molecule has 2 aliphatic carbocycles. The zero-order valence-electron chi connectivity index (χ0n) is 23.6. The summed E-state index contributed by atoms with van der Waals surface area (Å²) in [5.41, 5.74) is 2.73. The molecule has 8 heteroatoms. The lowest BCUT2D eigenvalue weighted by Crippen LogP contribution is -2.45. The van der Waals surface area contributed by atoms with Crippen molar-refractivity contribution in [3.63, 3.8) is 0 Å². The maximum Gasteiger partial charge on any atom is 0.265 e. The van der Waals surface area contributed by atoms with Crippen LogP contribution in [0.15, 0.2) is 42.5 Å². The van der Waals surface area contributed by atoms with Crippen LogP contribution in [0.25, 0.3) is 0 Å². The predicted molar refractivity (Wildman–Crippen MR) is 151 cm³/mol. The molecule has 3 aliphatic rings. The molecule has 2 N–H and O–H groups in total. The van der Waals surface area contributed by atoms with Gasteiger partial charge in [0.15, 0.2) is 0 Å². The Labute approximate surface area is 235 Å². The lowest BCUT2D eigenvalue weighted by atomic mass is 9.79. The van der Waals surface area contributed by atoms with Gasteiger partial charge in [-0.2, -0.15) is 0 Å². The number of hydrogen-bond acceptors (Lipinski definition) is 6. The van der Waals surface area contributed by atoms with E-state index >= 15 is 0 Å². The van der Waals surface area contributed by atoms with E-state index in [1.807, 2.05) is 12.1 Å². The first-order valence-electron chi connectivity index (χ1n) is 14.3. The molecular weight excluding hydrogens is 506 g/mol. The second-order valence-electron chi connectivity index (χ2n) is 12.0. The normalized spacial score (nSPS) is 26.0. The van der Waals surface area contributed by atoms with E-state index in [-0.39, 0.29) is 42.0 Å². The lowest BCUT2D eigenvalue weighted by molar-refractivity contribution is -0.121. The van der Waals surface area contributed by atoms with Crippen molar-refractivity contribution >= 4 is 24.0 Å². The number of fused-ring (bicyclic) bond motifs is 3. The summed E-state index contributed by atoms with van der Waals surface area (Å²) in [4.78, 5) is 50.6. The Morgan fingerprint density at radius 2 is 1.85 bits per heavy atom. The Hall–Kier alpha value is -3.52. The number of hydrogen-bond donors (Lipinski definition) is 2. The molecule has 0 aromatic heterocycles. The molecule has 0 radical (unpaired) electrons. The van der Waals surface area contributed by atoms with Gasteiger partial charge in [-0.25, -0.2) is 0 Å². The van der Waals surface area contributed by atoms with Gasteiger partial charge in [-0.15, -0.1) is 0 Å². The van der Waals surface area contributed by atoms with Crippen LogP contribution in [0.5, 0.6) is 5.75 Å². The quantitative estimate of drug-likeness (QED) is 0.323. The minimum absolute atomic E-state index is 0.0295. The Morgan fingerprint density at radius 1 is 1.10 bits per heavy atom. The maximum atomic E-state index is 13.3. The highest BCUT2D eigenvalue weighted by atomic mass is 16.5. The molecular formula is C32H39N3O5. The van der Waals surface area contributed by atoms with Crippen molar-refractivity contribution in [1.29, 1.82) is 0 Å². The fourth-order valence-corrected chi connectivity index (χ4v) is 6.99. The molecule has 2 bridgehead atoms. The first-order valence-corrected chi connectivity index (χ1v) is 14.3. The van der Waals surface area contributed by atoms with Crippen molar-refractivity contribution < 1.29 is 23.9 Å². The molecule has 212 valence electrons. The smallest absolute Gasteiger partial charge is 0.265 e. The number of carbonyl (C=O) groups is 4. The van der Waals surface area contributed by atoms with Crippen LogP contribution in [-0.4, -0.2) is 47.5 Å². The molecule has 40 heavy (non-hydrogen) atoms. The second-order valence-corrected chi connectivity index (χ2v) is 12.0. The van der Waals surface area contributed by atoms with Crippen molar-refractivity contribution in [3.05, 3.63) is 64.7 Å². The van der Waals surface area contributed by atoms with Gasteiger partial charge in [-0.3, -0.25) is 19.3 Å². The van der Waals surface area contributed by atoms with Crippen LogP contribution < -0.4 is 15.4 Å². The van der Waals surface area contributed by atoms with Crippen molar-refractivity contribution in [2.75, 3.05) is 7.05 Å². The van der Waals surface area contributed by atoms with E-state index in [0.29, 0.717) is 12.0 Å². The average Bonchev–Trinajstić information content (AvgIpc) is 3.35. The van der Waals surface area contributed by atoms with Crippen molar-refractivity contribution in [2.45, 2.75) is 77.1 Å². The maximum absolute atomic E-state index is 13.3. The molecule has 1 heterocycles. The van der Waals surface area contributed by atoms with E-state index in [4.69, 9.17) is 4.74 Å². The fourth-order valence-electron chi connectivity index (χ4n) is 6.99. The number of carbonyl (C=O) groups excluding carboxylic acids is 4. The highest BCUT2D eigenvalue weighted by Crippen LogP contribution is 2.50. The van der Waals surface area contributed by atoms with Crippen molar-refractivity contribution in [3.8, 4) is 5.75 Å². The highest BCUT2D eigenvalue weighted by molar-refractivity contribution is 6.23. The molecule has 2 aromatic carbocycles. The van der Waals surface area contributed by atoms with Crippen LogP contribution in [0.2, 0.25) is 0 Å². The van der Waals surface area contributed by atoms with Crippen LogP contribution in [0, 0.1) is 17.8 Å². The molecule has 3 amide bonds. The molecule has 5 unspecified atom stereocenters. The fraction of sp³-hybridized carbons (Fsp3) is 0.500. The third-order valence-corrected chi connectivity index (χ3v) is 9.11. The molecule has 2 fully saturated rings. The summed E-state index contributed by atoms with van der Waals surface area (Å²) in [7, 11) is 1.50. The zero-order valence-corrected chi connectivity index (χ0v) is 23.6. The number of nitrogens with zero attached hydrogens (tertiary/aromatic N) is 1. The Kier molecular flexibility index (Phi) is 8.08. The van der Waals surface area contributed by atoms with Crippen LogP contribution >= 0.6 is 0 Å². The minimum atomic E-state index is -1.02. The molecule has 2 aromatic rings. The number of rotatable bonds is 11. The summed E-state index contributed by atoms with van der Waals surface area (Å²) in [5.74, 6) is 1.34. The predicted octanol–water partition coefficient (Wildman–Crippen LogP) is 4.26. The van der Waals surface area contributed by atoms with Crippen LogP contribution in [0.3, 0.4) is 0 Å². The van der Waals surface area contributed by atoms with Gasteiger partial charge in [0.1, 0.15) is 18.6 Å². The molecule has 5 atom stereocenters. The monoisotopic (exact) mass is 545 g/mol. The van der Waals surface area contributed by atoms with Gasteiger partial charge in [0.2, 0.25) is 5.91 Å². The Morgan fingerprint density at radius 3 is 2.58 bits per heavy atom. The summed E-state index contributed by atoms with van der Waals surface area (Å²) in [5, 5.41) is 6.35. The summed E-state index contributed by atoms with van der Waals surface area (Å²) in [6.07, 6.45) is 5.92. The van der Waals surface area contributed by atoms with E-state index in [1.54, 1.807) is 18.2 Å². The first-order chi connectivity index (χ1) is 19.2. The van der Waals surface area contributed by atoms with E-state index in [0.717, 1.165) is 34.8 Å². The van der Waals surface area contributed by atoms with E-state index in [2.05, 4.69) is 36.6 Å². The van der Waals surface area contributed by atoms with Crippen molar-refractivity contribution in [1.82, 2.24) is 15.5 Å². The Balaban J connectivity index is 1.20. The van der Waals surface area contributed by atoms with Crippen LogP contribution in [-0.2, 0) is 22.7 Å². The SMILES string of the molecule is CNC(=O)CCC(C=O)N1C(=O)c2cccc(OCc3ccc(CNC4(C)CC5CC(C)CC4C5)cc3)c2C1=O. The zero-order chi connectivity index (χ0) is 28.4. The standard InChI is InChI=1S/C32H39N3O5/c1-20-13-23-15-24(14-20)32(2,16-23)34-17-21-7-9-22(10-8-21)19-40-27-6-4-5-26-29(27)31(39)35(30(26)38)25(18-36)11-12-28(37)33-3/h4-10,18,20,23-25,34H,11-17,19H2,1-3H3,(H,33,37). The molecule has 0 saturated heterocycles. The lowest BCUT2D eigenvalue weighted by Gasteiger charge is -2.34. The number of benzene rings is 2. The van der Waals surface area contributed by atoms with Gasteiger partial charge in [0.05, 0.1) is 17.2 Å². The minimum Gasteiger partial charge on any atom is -0.488 e. The van der Waals surface area contributed by atoms with E-state index in [1.165, 1.54) is 38.3 Å². The van der Waals surface area contributed by atoms with Gasteiger partial charge in [0, 0.05) is 25.6 Å². The average molecular weight is 546 g/mol. The molecule has 5 rings (SSSR count).